The van der Waals surface area contributed by atoms with E-state index in [1.807, 2.05) is 30.3 Å². The van der Waals surface area contributed by atoms with Gasteiger partial charge in [-0.05, 0) is 35.3 Å². The molecule has 2 N–H and O–H groups in total. The number of hydrogen-bond donors (Lipinski definition) is 2. The van der Waals surface area contributed by atoms with Gasteiger partial charge in [0.25, 0.3) is 0 Å². The molecule has 2 atom stereocenters. The number of hydrogen-bond acceptors (Lipinski definition) is 4. The summed E-state index contributed by atoms with van der Waals surface area (Å²) in [6.45, 7) is 0. The number of ether oxygens (including phenoxy) is 1. The number of fused-ring (bicyclic) bond motifs is 1. The monoisotopic (exact) mass is 304 g/mol. The third-order valence-electron chi connectivity index (χ3n) is 3.24. The average molecular weight is 304 g/mol. The zero-order chi connectivity index (χ0) is 14.8. The van der Waals surface area contributed by atoms with E-state index in [1.165, 1.54) is 0 Å². The summed E-state index contributed by atoms with van der Waals surface area (Å²) in [5.41, 5.74) is 1.28. The van der Waals surface area contributed by atoms with E-state index in [-0.39, 0.29) is 5.75 Å². The average Bonchev–Trinajstić information content (AvgIpc) is 2.75. The van der Waals surface area contributed by atoms with Crippen molar-refractivity contribution in [1.82, 2.24) is 0 Å². The van der Waals surface area contributed by atoms with E-state index in [0.717, 1.165) is 0 Å². The van der Waals surface area contributed by atoms with E-state index in [9.17, 15) is 9.23 Å². The summed E-state index contributed by atoms with van der Waals surface area (Å²) in [5.74, 6) is 1.20. The van der Waals surface area contributed by atoms with Gasteiger partial charge in [0.15, 0.2) is 11.1 Å². The number of benzene rings is 2. The fraction of sp³-hybridized carbons (Fsp3) is 0.143. The lowest BCUT2D eigenvalue weighted by atomic mass is 9.79. The second kappa shape index (κ2) is 5.99. The van der Waals surface area contributed by atoms with Gasteiger partial charge in [-0.1, -0.05) is 24.3 Å². The Hall–Kier alpha value is -1.67. The number of para-hydroxylation sites is 1. The Kier molecular flexibility index (Phi) is 4.07. The van der Waals surface area contributed by atoms with E-state index < -0.39 is 24.3 Å². The van der Waals surface area contributed by atoms with Crippen LogP contribution in [0.5, 0.6) is 11.5 Å². The molecule has 1 aliphatic rings. The second-order valence-electron chi connectivity index (χ2n) is 4.67. The molecular weight excluding hydrogens is 291 g/mol. The molecule has 0 amide bonds. The molecule has 0 bridgehead atoms. The molecule has 21 heavy (non-hydrogen) atoms. The van der Waals surface area contributed by atoms with Crippen LogP contribution in [0.25, 0.3) is 0 Å². The molecule has 1 aliphatic heterocycles. The van der Waals surface area contributed by atoms with Crippen LogP contribution in [-0.4, -0.2) is 26.7 Å². The van der Waals surface area contributed by atoms with Crippen LogP contribution in [0.4, 0.5) is 0 Å². The molecule has 0 saturated heterocycles. The predicted molar refractivity (Wildman–Crippen MR) is 80.0 cm³/mol. The molecule has 0 saturated carbocycles. The Morgan fingerprint density at radius 1 is 1.19 bits per heavy atom. The van der Waals surface area contributed by atoms with E-state index in [1.54, 1.807) is 18.2 Å². The van der Waals surface area contributed by atoms with Crippen LogP contribution in [0, 0.1) is 0 Å². The van der Waals surface area contributed by atoms with Gasteiger partial charge < -0.3 is 19.0 Å². The van der Waals surface area contributed by atoms with Crippen molar-refractivity contribution < 1.29 is 23.2 Å². The summed E-state index contributed by atoms with van der Waals surface area (Å²) in [6.07, 6.45) is -0.577. The van der Waals surface area contributed by atoms with Crippen molar-refractivity contribution in [2.24, 2.45) is 0 Å². The van der Waals surface area contributed by atoms with Crippen LogP contribution >= 0.6 is 0 Å². The van der Waals surface area contributed by atoms with Crippen molar-refractivity contribution in [2.75, 3.05) is 5.75 Å². The first-order valence-corrected chi connectivity index (χ1v) is 7.69. The predicted octanol–water partition coefficient (Wildman–Crippen LogP) is 1.46. The Morgan fingerprint density at radius 2 is 1.95 bits per heavy atom. The minimum atomic E-state index is -1.98. The molecule has 1 heterocycles. The summed E-state index contributed by atoms with van der Waals surface area (Å²) in [5, 5.41) is 9.90. The van der Waals surface area contributed by atoms with Gasteiger partial charge in [0.2, 0.25) is 0 Å². The molecule has 0 radical (unpaired) electrons. The van der Waals surface area contributed by atoms with Gasteiger partial charge >= 0.3 is 7.12 Å². The first kappa shape index (κ1) is 14.3. The van der Waals surface area contributed by atoms with Crippen LogP contribution < -0.4 is 10.2 Å². The van der Waals surface area contributed by atoms with E-state index in [0.29, 0.717) is 22.5 Å². The minimum Gasteiger partial charge on any atom is -0.457 e. The summed E-state index contributed by atoms with van der Waals surface area (Å²) in [7, 11) is -1.10. The van der Waals surface area contributed by atoms with Crippen molar-refractivity contribution in [1.29, 1.82) is 0 Å². The van der Waals surface area contributed by atoms with Gasteiger partial charge in [0, 0.05) is 0 Å². The lowest BCUT2D eigenvalue weighted by molar-refractivity contribution is 0.210. The topological polar surface area (TPSA) is 76.0 Å². The molecule has 5 nitrogen and oxygen atoms in total. The standard InChI is InChI=1S/C14H13BO5S/c16-15-13-8-11(19-10-4-2-1-3-5-10)6-7-12(13)14(20-15)9-21(17)18/h1-8,14,16H,9H2,(H,17,18). The smallest absolute Gasteiger partial charge is 0.457 e. The van der Waals surface area contributed by atoms with Crippen molar-refractivity contribution in [3.05, 3.63) is 54.1 Å². The third-order valence-corrected chi connectivity index (χ3v) is 3.83. The third kappa shape index (κ3) is 3.16. The molecule has 3 rings (SSSR count). The Balaban J connectivity index is 1.85. The molecule has 2 unspecified atom stereocenters. The fourth-order valence-corrected chi connectivity index (χ4v) is 2.83. The largest absolute Gasteiger partial charge is 0.492 e. The van der Waals surface area contributed by atoms with Gasteiger partial charge in [0.1, 0.15) is 11.5 Å². The molecule has 0 fully saturated rings. The fourth-order valence-electron chi connectivity index (χ4n) is 2.31. The molecule has 0 spiro atoms. The molecule has 2 aromatic carbocycles. The van der Waals surface area contributed by atoms with Gasteiger partial charge in [-0.15, -0.1) is 0 Å². The van der Waals surface area contributed by atoms with E-state index in [2.05, 4.69) is 0 Å². The maximum Gasteiger partial charge on any atom is 0.492 e. The van der Waals surface area contributed by atoms with Crippen molar-refractivity contribution in [2.45, 2.75) is 6.10 Å². The number of rotatable bonds is 4. The van der Waals surface area contributed by atoms with E-state index in [4.69, 9.17) is 13.9 Å². The maximum atomic E-state index is 10.9. The summed E-state index contributed by atoms with van der Waals surface area (Å²) < 4.78 is 30.9. The highest BCUT2D eigenvalue weighted by molar-refractivity contribution is 7.79. The van der Waals surface area contributed by atoms with Crippen LogP contribution in [-0.2, 0) is 15.7 Å². The van der Waals surface area contributed by atoms with Gasteiger partial charge in [-0.2, -0.15) is 0 Å². The highest BCUT2D eigenvalue weighted by Crippen LogP contribution is 2.28. The molecular formula is C14H13BO5S. The van der Waals surface area contributed by atoms with E-state index >= 15 is 0 Å². The first-order chi connectivity index (χ1) is 10.1. The van der Waals surface area contributed by atoms with Crippen molar-refractivity contribution >= 4 is 23.7 Å². The molecule has 108 valence electrons. The van der Waals surface area contributed by atoms with Crippen molar-refractivity contribution in [3.63, 3.8) is 0 Å². The highest BCUT2D eigenvalue weighted by Gasteiger charge is 2.36. The Labute approximate surface area is 125 Å². The summed E-state index contributed by atoms with van der Waals surface area (Å²) in [6, 6.07) is 14.5. The summed E-state index contributed by atoms with van der Waals surface area (Å²) in [4.78, 5) is 0. The Bertz CT molecular complexity index is 664. The maximum absolute atomic E-state index is 10.9. The van der Waals surface area contributed by atoms with Crippen LogP contribution in [0.15, 0.2) is 48.5 Å². The zero-order valence-electron chi connectivity index (χ0n) is 11.0. The van der Waals surface area contributed by atoms with Crippen LogP contribution in [0.3, 0.4) is 0 Å². The van der Waals surface area contributed by atoms with Crippen LogP contribution in [0.2, 0.25) is 0 Å². The molecule has 7 heteroatoms. The highest BCUT2D eigenvalue weighted by atomic mass is 32.2. The second-order valence-corrected chi connectivity index (χ2v) is 5.65. The lowest BCUT2D eigenvalue weighted by Crippen LogP contribution is -2.28. The zero-order valence-corrected chi connectivity index (χ0v) is 11.8. The molecule has 0 aliphatic carbocycles. The Morgan fingerprint density at radius 3 is 2.67 bits per heavy atom. The first-order valence-electron chi connectivity index (χ1n) is 6.41. The lowest BCUT2D eigenvalue weighted by Gasteiger charge is -2.10. The van der Waals surface area contributed by atoms with Crippen LogP contribution in [0.1, 0.15) is 11.7 Å². The molecule has 0 aromatic heterocycles. The minimum absolute atomic E-state index is 0.0665. The normalized spacial score (nSPS) is 18.4. The SMILES string of the molecule is O=S(O)CC1OB(O)c2cc(Oc3ccccc3)ccc21. The summed E-state index contributed by atoms with van der Waals surface area (Å²) >= 11 is -1.98. The van der Waals surface area contributed by atoms with Gasteiger partial charge in [-0.3, -0.25) is 0 Å². The van der Waals surface area contributed by atoms with Crippen molar-refractivity contribution in [3.8, 4) is 11.5 Å². The van der Waals surface area contributed by atoms with Gasteiger partial charge in [0.05, 0.1) is 11.9 Å². The quantitative estimate of drug-likeness (QED) is 0.660. The van der Waals surface area contributed by atoms with Gasteiger partial charge in [-0.25, -0.2) is 4.21 Å². The molecule has 2 aromatic rings.